The van der Waals surface area contributed by atoms with Crippen LogP contribution in [0, 0.1) is 6.92 Å². The Balaban J connectivity index is 2.01. The van der Waals surface area contributed by atoms with Gasteiger partial charge in [-0.15, -0.1) is 11.8 Å². The predicted octanol–water partition coefficient (Wildman–Crippen LogP) is 5.40. The molecule has 1 amide bonds. The topological polar surface area (TPSA) is 29.1 Å². The minimum Gasteiger partial charge on any atom is -0.325 e. The zero-order chi connectivity index (χ0) is 17.0. The van der Waals surface area contributed by atoms with Crippen LogP contribution in [0.2, 0.25) is 5.02 Å². The van der Waals surface area contributed by atoms with Gasteiger partial charge in [-0.3, -0.25) is 4.79 Å². The van der Waals surface area contributed by atoms with Gasteiger partial charge in [0.15, 0.2) is 0 Å². The van der Waals surface area contributed by atoms with E-state index in [1.807, 2.05) is 19.1 Å². The van der Waals surface area contributed by atoms with Crippen LogP contribution in [0.1, 0.15) is 11.1 Å². The zero-order valence-corrected chi connectivity index (χ0v) is 13.6. The van der Waals surface area contributed by atoms with Crippen LogP contribution in [0.5, 0.6) is 0 Å². The quantitative estimate of drug-likeness (QED) is 0.741. The Labute approximate surface area is 141 Å². The standard InChI is InChI=1S/C16H13ClF3NOS/c1-10-4-2-3-5-14(10)21-15(22)9-23-11-6-7-13(17)12(8-11)16(18,19)20/h2-8H,9H2,1H3,(H,21,22). The summed E-state index contributed by atoms with van der Waals surface area (Å²) < 4.78 is 38.4. The van der Waals surface area contributed by atoms with Crippen LogP contribution in [0.15, 0.2) is 47.4 Å². The summed E-state index contributed by atoms with van der Waals surface area (Å²) in [5.74, 6) is -0.277. The number of rotatable bonds is 4. The molecule has 0 aliphatic carbocycles. The number of halogens is 4. The average molecular weight is 360 g/mol. The molecule has 0 saturated heterocycles. The number of nitrogens with one attached hydrogen (secondary N) is 1. The first-order valence-corrected chi connectivity index (χ1v) is 7.99. The van der Waals surface area contributed by atoms with E-state index in [2.05, 4.69) is 5.32 Å². The monoisotopic (exact) mass is 359 g/mol. The van der Waals surface area contributed by atoms with Crippen molar-refractivity contribution in [2.24, 2.45) is 0 Å². The van der Waals surface area contributed by atoms with Gasteiger partial charge < -0.3 is 5.32 Å². The molecule has 0 fully saturated rings. The number of carbonyl (C=O) groups excluding carboxylic acids is 1. The van der Waals surface area contributed by atoms with E-state index in [9.17, 15) is 18.0 Å². The molecular weight excluding hydrogens is 347 g/mol. The van der Waals surface area contributed by atoms with Crippen LogP contribution in [-0.2, 0) is 11.0 Å². The van der Waals surface area contributed by atoms with Gasteiger partial charge in [0.1, 0.15) is 0 Å². The van der Waals surface area contributed by atoms with E-state index in [1.165, 1.54) is 12.1 Å². The molecule has 0 unspecified atom stereocenters. The number of benzene rings is 2. The number of thioether (sulfide) groups is 1. The lowest BCUT2D eigenvalue weighted by Crippen LogP contribution is -2.14. The molecule has 0 radical (unpaired) electrons. The fraction of sp³-hybridized carbons (Fsp3) is 0.188. The Hall–Kier alpha value is -1.66. The van der Waals surface area contributed by atoms with Gasteiger partial charge in [-0.2, -0.15) is 13.2 Å². The smallest absolute Gasteiger partial charge is 0.325 e. The van der Waals surface area contributed by atoms with Crippen LogP contribution < -0.4 is 5.32 Å². The first-order chi connectivity index (χ1) is 10.8. The molecule has 7 heteroatoms. The van der Waals surface area contributed by atoms with Crippen LogP contribution >= 0.6 is 23.4 Å². The number of anilines is 1. The van der Waals surface area contributed by atoms with Crippen molar-refractivity contribution in [3.63, 3.8) is 0 Å². The SMILES string of the molecule is Cc1ccccc1NC(=O)CSc1ccc(Cl)c(C(F)(F)F)c1. The van der Waals surface area contributed by atoms with E-state index in [4.69, 9.17) is 11.6 Å². The number of hydrogen-bond donors (Lipinski definition) is 1. The van der Waals surface area contributed by atoms with Gasteiger partial charge in [-0.05, 0) is 36.8 Å². The molecule has 2 rings (SSSR count). The van der Waals surface area contributed by atoms with Gasteiger partial charge in [0.25, 0.3) is 0 Å². The largest absolute Gasteiger partial charge is 0.417 e. The minimum atomic E-state index is -4.52. The Morgan fingerprint density at radius 3 is 2.57 bits per heavy atom. The molecular formula is C16H13ClF3NOS. The molecule has 0 aromatic heterocycles. The maximum Gasteiger partial charge on any atom is 0.417 e. The summed E-state index contributed by atoms with van der Waals surface area (Å²) in [5, 5.41) is 2.37. The van der Waals surface area contributed by atoms with Gasteiger partial charge in [0.2, 0.25) is 5.91 Å². The molecule has 2 aromatic rings. The third kappa shape index (κ3) is 4.91. The van der Waals surface area contributed by atoms with Crippen molar-refractivity contribution in [1.29, 1.82) is 0 Å². The summed E-state index contributed by atoms with van der Waals surface area (Å²) in [4.78, 5) is 12.2. The average Bonchev–Trinajstić information content (AvgIpc) is 2.47. The van der Waals surface area contributed by atoms with Crippen molar-refractivity contribution >= 4 is 35.0 Å². The molecule has 0 aliphatic rings. The number of aryl methyl sites for hydroxylation is 1. The van der Waals surface area contributed by atoms with Crippen LogP contribution in [0.25, 0.3) is 0 Å². The summed E-state index contributed by atoms with van der Waals surface area (Å²) >= 11 is 6.58. The van der Waals surface area contributed by atoms with Crippen molar-refractivity contribution in [2.45, 2.75) is 18.0 Å². The predicted molar refractivity (Wildman–Crippen MR) is 87.0 cm³/mol. The van der Waals surface area contributed by atoms with E-state index in [0.717, 1.165) is 23.4 Å². The minimum absolute atomic E-state index is 0.00721. The summed E-state index contributed by atoms with van der Waals surface area (Å²) in [6.45, 7) is 1.86. The third-order valence-corrected chi connectivity index (χ3v) is 4.36. The van der Waals surface area contributed by atoms with Crippen molar-refractivity contribution in [2.75, 3.05) is 11.1 Å². The second-order valence-electron chi connectivity index (χ2n) is 4.79. The highest BCUT2D eigenvalue weighted by molar-refractivity contribution is 8.00. The first-order valence-electron chi connectivity index (χ1n) is 6.62. The van der Waals surface area contributed by atoms with Gasteiger partial charge in [-0.25, -0.2) is 0 Å². The molecule has 23 heavy (non-hydrogen) atoms. The van der Waals surface area contributed by atoms with Crippen molar-refractivity contribution in [3.8, 4) is 0 Å². The Bertz CT molecular complexity index is 719. The van der Waals surface area contributed by atoms with E-state index in [-0.39, 0.29) is 16.7 Å². The van der Waals surface area contributed by atoms with Gasteiger partial charge in [0, 0.05) is 10.6 Å². The first kappa shape index (κ1) is 17.7. The summed E-state index contributed by atoms with van der Waals surface area (Å²) in [5.41, 5.74) is 0.699. The van der Waals surface area contributed by atoms with Crippen LogP contribution in [0.4, 0.5) is 18.9 Å². The van der Waals surface area contributed by atoms with Gasteiger partial charge in [0.05, 0.1) is 16.3 Å². The van der Waals surface area contributed by atoms with E-state index in [0.29, 0.717) is 10.6 Å². The summed E-state index contributed by atoms with van der Waals surface area (Å²) in [6, 6.07) is 10.9. The molecule has 1 N–H and O–H groups in total. The Morgan fingerprint density at radius 2 is 1.91 bits per heavy atom. The maximum atomic E-state index is 12.8. The molecule has 0 saturated carbocycles. The number of alkyl halides is 3. The fourth-order valence-corrected chi connectivity index (χ4v) is 2.82. The van der Waals surface area contributed by atoms with Crippen LogP contribution in [-0.4, -0.2) is 11.7 Å². The van der Waals surface area contributed by atoms with Crippen molar-refractivity contribution < 1.29 is 18.0 Å². The zero-order valence-electron chi connectivity index (χ0n) is 12.1. The third-order valence-electron chi connectivity index (χ3n) is 3.03. The van der Waals surface area contributed by atoms with E-state index in [1.54, 1.807) is 12.1 Å². The Morgan fingerprint density at radius 1 is 1.22 bits per heavy atom. The lowest BCUT2D eigenvalue weighted by molar-refractivity contribution is -0.137. The summed E-state index contributed by atoms with van der Waals surface area (Å²) in [6.07, 6.45) is -4.52. The van der Waals surface area contributed by atoms with Crippen molar-refractivity contribution in [1.82, 2.24) is 0 Å². The lowest BCUT2D eigenvalue weighted by Gasteiger charge is -2.11. The highest BCUT2D eigenvalue weighted by atomic mass is 35.5. The Kier molecular flexibility index (Phi) is 5.59. The second kappa shape index (κ2) is 7.27. The molecule has 0 atom stereocenters. The van der Waals surface area contributed by atoms with Crippen LogP contribution in [0.3, 0.4) is 0 Å². The molecule has 122 valence electrons. The lowest BCUT2D eigenvalue weighted by atomic mass is 10.2. The van der Waals surface area contributed by atoms with E-state index >= 15 is 0 Å². The molecule has 0 aliphatic heterocycles. The highest BCUT2D eigenvalue weighted by Gasteiger charge is 2.33. The molecule has 2 aromatic carbocycles. The number of para-hydroxylation sites is 1. The van der Waals surface area contributed by atoms with Crippen molar-refractivity contribution in [3.05, 3.63) is 58.6 Å². The van der Waals surface area contributed by atoms with Gasteiger partial charge in [-0.1, -0.05) is 29.8 Å². The molecule has 0 bridgehead atoms. The maximum absolute atomic E-state index is 12.8. The molecule has 2 nitrogen and oxygen atoms in total. The van der Waals surface area contributed by atoms with Gasteiger partial charge >= 0.3 is 6.18 Å². The molecule has 0 spiro atoms. The number of amides is 1. The fourth-order valence-electron chi connectivity index (χ4n) is 1.86. The number of hydrogen-bond acceptors (Lipinski definition) is 2. The molecule has 0 heterocycles. The van der Waals surface area contributed by atoms with E-state index < -0.39 is 11.7 Å². The highest BCUT2D eigenvalue weighted by Crippen LogP contribution is 2.37. The summed E-state index contributed by atoms with van der Waals surface area (Å²) in [7, 11) is 0. The normalized spacial score (nSPS) is 11.3. The second-order valence-corrected chi connectivity index (χ2v) is 6.25. The number of carbonyl (C=O) groups is 1.